The molecular weight excluding hydrogens is 493 g/mol. The van der Waals surface area contributed by atoms with Crippen LogP contribution in [0.4, 0.5) is 4.39 Å². The molecule has 36 heavy (non-hydrogen) atoms. The van der Waals surface area contributed by atoms with E-state index >= 15 is 0 Å². The summed E-state index contributed by atoms with van der Waals surface area (Å²) in [5.74, 6) is -1.52. The van der Waals surface area contributed by atoms with Crippen LogP contribution in [-0.2, 0) is 23.2 Å². The predicted molar refractivity (Wildman–Crippen MR) is 130 cm³/mol. The van der Waals surface area contributed by atoms with Crippen LogP contribution >= 0.6 is 0 Å². The van der Waals surface area contributed by atoms with Crippen molar-refractivity contribution in [1.29, 1.82) is 0 Å². The number of hydrogen-bond acceptors (Lipinski definition) is 7. The molecule has 3 heterocycles. The molecule has 4 rings (SSSR count). The average Bonchev–Trinajstić information content (AvgIpc) is 2.84. The van der Waals surface area contributed by atoms with E-state index in [2.05, 4.69) is 10.3 Å². The van der Waals surface area contributed by atoms with E-state index in [1.54, 1.807) is 12.1 Å². The first-order valence-electron chi connectivity index (χ1n) is 11.0. The molecule has 3 aromatic rings. The van der Waals surface area contributed by atoms with Gasteiger partial charge in [-0.1, -0.05) is 12.1 Å². The highest BCUT2D eigenvalue weighted by molar-refractivity contribution is 7.86. The molecule has 11 nitrogen and oxygen atoms in total. The molecule has 1 aliphatic heterocycles. The molecule has 0 unspecified atom stereocenters. The van der Waals surface area contributed by atoms with Crippen molar-refractivity contribution in [3.8, 4) is 11.5 Å². The first kappa shape index (κ1) is 25.5. The number of aromatic nitrogens is 2. The number of carbonyl (C=O) groups excluding carboxylic acids is 1. The molecule has 1 amide bonds. The van der Waals surface area contributed by atoms with Gasteiger partial charge in [-0.3, -0.25) is 19.1 Å². The van der Waals surface area contributed by atoms with Gasteiger partial charge in [0.1, 0.15) is 28.5 Å². The van der Waals surface area contributed by atoms with E-state index in [-0.39, 0.29) is 36.3 Å². The Kier molecular flexibility index (Phi) is 6.73. The molecular formula is C23H26FN5O6S. The highest BCUT2D eigenvalue weighted by Crippen LogP contribution is 2.37. The molecule has 0 saturated heterocycles. The van der Waals surface area contributed by atoms with Gasteiger partial charge in [0.25, 0.3) is 21.7 Å². The summed E-state index contributed by atoms with van der Waals surface area (Å²) in [5.41, 5.74) is 0.249. The van der Waals surface area contributed by atoms with E-state index in [0.717, 1.165) is 14.2 Å². The van der Waals surface area contributed by atoms with Gasteiger partial charge in [0, 0.05) is 46.4 Å². The number of aromatic hydroxyl groups is 1. The van der Waals surface area contributed by atoms with Crippen LogP contribution in [0.5, 0.6) is 11.5 Å². The zero-order valence-electron chi connectivity index (χ0n) is 20.1. The first-order chi connectivity index (χ1) is 16.9. The fourth-order valence-corrected chi connectivity index (χ4v) is 5.06. The van der Waals surface area contributed by atoms with Crippen molar-refractivity contribution >= 4 is 27.1 Å². The Morgan fingerprint density at radius 2 is 1.94 bits per heavy atom. The lowest BCUT2D eigenvalue weighted by molar-refractivity contribution is 0.0956. The quantitative estimate of drug-likeness (QED) is 0.469. The Morgan fingerprint density at radius 1 is 1.28 bits per heavy atom. The molecule has 1 aliphatic rings. The molecule has 1 aromatic carbocycles. The van der Waals surface area contributed by atoms with Crippen molar-refractivity contribution in [2.75, 3.05) is 34.7 Å². The highest BCUT2D eigenvalue weighted by Gasteiger charge is 2.33. The minimum absolute atomic E-state index is 0.00114. The van der Waals surface area contributed by atoms with Crippen LogP contribution < -0.4 is 15.6 Å². The second-order valence-corrected chi connectivity index (χ2v) is 10.9. The van der Waals surface area contributed by atoms with Gasteiger partial charge < -0.3 is 15.2 Å². The summed E-state index contributed by atoms with van der Waals surface area (Å²) in [6, 6.07) is 5.83. The highest BCUT2D eigenvalue weighted by atomic mass is 32.2. The predicted octanol–water partition coefficient (Wildman–Crippen LogP) is 0.691. The summed E-state index contributed by atoms with van der Waals surface area (Å²) in [5, 5.41) is 13.1. The van der Waals surface area contributed by atoms with E-state index in [1.165, 1.54) is 51.1 Å². The number of nitrogens with zero attached hydrogens (tertiary/aromatic N) is 4. The van der Waals surface area contributed by atoms with Crippen molar-refractivity contribution in [2.45, 2.75) is 19.1 Å². The standard InChI is InChI=1S/C23H26FN5O6S/c1-25-22(31)17-20(30)18-19-21(14(10-26-18)9-13-5-7-15(24)8-6-13)35-16(12-29(19)23(17)32)11-28(4)36(33,34)27(2)3/h5-8,10,16,30H,9,11-12H2,1-4H3,(H,25,31)/t16-/m1/s1. The zero-order valence-corrected chi connectivity index (χ0v) is 21.0. The molecule has 13 heteroatoms. The fourth-order valence-electron chi connectivity index (χ4n) is 4.15. The molecule has 0 aliphatic carbocycles. The third-order valence-electron chi connectivity index (χ3n) is 6.02. The first-order valence-corrected chi connectivity index (χ1v) is 12.4. The number of rotatable bonds is 7. The maximum absolute atomic E-state index is 13.4. The Labute approximate surface area is 206 Å². The average molecular weight is 520 g/mol. The van der Waals surface area contributed by atoms with E-state index in [0.29, 0.717) is 5.56 Å². The smallest absolute Gasteiger partial charge is 0.281 e. The van der Waals surface area contributed by atoms with Crippen LogP contribution in [0.1, 0.15) is 21.5 Å². The Bertz CT molecular complexity index is 1500. The fraction of sp³-hybridized carbons (Fsp3) is 0.348. The van der Waals surface area contributed by atoms with Gasteiger partial charge in [-0.05, 0) is 17.7 Å². The van der Waals surface area contributed by atoms with E-state index in [4.69, 9.17) is 4.74 Å². The lowest BCUT2D eigenvalue weighted by Gasteiger charge is -2.32. The molecule has 0 fully saturated rings. The van der Waals surface area contributed by atoms with Gasteiger partial charge in [-0.25, -0.2) is 4.39 Å². The molecule has 0 saturated carbocycles. The third kappa shape index (κ3) is 4.40. The third-order valence-corrected chi connectivity index (χ3v) is 7.88. The zero-order chi connectivity index (χ0) is 26.4. The van der Waals surface area contributed by atoms with Gasteiger partial charge in [0.15, 0.2) is 11.5 Å². The Morgan fingerprint density at radius 3 is 2.56 bits per heavy atom. The van der Waals surface area contributed by atoms with Crippen LogP contribution in [0.3, 0.4) is 0 Å². The summed E-state index contributed by atoms with van der Waals surface area (Å²) in [4.78, 5) is 30.1. The van der Waals surface area contributed by atoms with Gasteiger partial charge in [0.2, 0.25) is 0 Å². The summed E-state index contributed by atoms with van der Waals surface area (Å²) < 4.78 is 48.2. The monoisotopic (exact) mass is 519 g/mol. The lowest BCUT2D eigenvalue weighted by Crippen LogP contribution is -2.46. The molecule has 0 radical (unpaired) electrons. The molecule has 192 valence electrons. The number of nitrogens with one attached hydrogen (secondary N) is 1. The van der Waals surface area contributed by atoms with Crippen molar-refractivity contribution in [1.82, 2.24) is 23.5 Å². The number of hydrogen-bond donors (Lipinski definition) is 2. The summed E-state index contributed by atoms with van der Waals surface area (Å²) in [6.45, 7) is -0.177. The van der Waals surface area contributed by atoms with Crippen LogP contribution in [0, 0.1) is 5.82 Å². The number of carbonyl (C=O) groups is 1. The molecule has 2 N–H and O–H groups in total. The van der Waals surface area contributed by atoms with Gasteiger partial charge in [-0.15, -0.1) is 0 Å². The number of likely N-dealkylation sites (N-methyl/N-ethyl adjacent to an activating group) is 1. The second kappa shape index (κ2) is 9.48. The van der Waals surface area contributed by atoms with Gasteiger partial charge in [-0.2, -0.15) is 17.0 Å². The summed E-state index contributed by atoms with van der Waals surface area (Å²) in [7, 11) is 1.77. The lowest BCUT2D eigenvalue weighted by atomic mass is 10.0. The maximum atomic E-state index is 13.4. The van der Waals surface area contributed by atoms with Gasteiger partial charge in [0.05, 0.1) is 13.1 Å². The van der Waals surface area contributed by atoms with E-state index in [1.807, 2.05) is 0 Å². The topological polar surface area (TPSA) is 134 Å². The largest absolute Gasteiger partial charge is 0.505 e. The number of ether oxygens (including phenoxy) is 1. The minimum atomic E-state index is -3.76. The van der Waals surface area contributed by atoms with E-state index < -0.39 is 44.9 Å². The van der Waals surface area contributed by atoms with Crippen molar-refractivity contribution in [3.63, 3.8) is 0 Å². The number of benzene rings is 1. The number of amides is 1. The summed E-state index contributed by atoms with van der Waals surface area (Å²) >= 11 is 0. The van der Waals surface area contributed by atoms with Crippen molar-refractivity contribution in [2.24, 2.45) is 0 Å². The van der Waals surface area contributed by atoms with E-state index in [9.17, 15) is 27.5 Å². The van der Waals surface area contributed by atoms with Crippen LogP contribution in [-0.4, -0.2) is 78.4 Å². The molecule has 0 spiro atoms. The summed E-state index contributed by atoms with van der Waals surface area (Å²) in [6.07, 6.45) is 0.921. The molecule has 1 atom stereocenters. The van der Waals surface area contributed by atoms with Crippen LogP contribution in [0.2, 0.25) is 0 Å². The van der Waals surface area contributed by atoms with Gasteiger partial charge >= 0.3 is 0 Å². The van der Waals surface area contributed by atoms with Crippen LogP contribution in [0.25, 0.3) is 11.0 Å². The maximum Gasteiger partial charge on any atom is 0.281 e. The minimum Gasteiger partial charge on any atom is -0.505 e. The Balaban J connectivity index is 1.88. The van der Waals surface area contributed by atoms with Crippen molar-refractivity contribution < 1.29 is 27.4 Å². The molecule has 2 aromatic heterocycles. The SMILES string of the molecule is CNC(=O)c1c(O)c2ncc(Cc3ccc(F)cc3)c3c2n(c1=O)C[C@@H](CN(C)S(=O)(=O)N(C)C)O3. The Hall–Kier alpha value is -3.55. The number of pyridine rings is 2. The second-order valence-electron chi connectivity index (χ2n) is 8.64. The van der Waals surface area contributed by atoms with Crippen molar-refractivity contribution in [3.05, 3.63) is 63.3 Å². The normalized spacial score (nSPS) is 15.4. The number of halogens is 1. The van der Waals surface area contributed by atoms with Crippen LogP contribution in [0.15, 0.2) is 35.3 Å². The molecule has 0 bridgehead atoms.